The molecule has 1 saturated heterocycles. The van der Waals surface area contributed by atoms with Crippen molar-refractivity contribution < 1.29 is 9.64 Å². The van der Waals surface area contributed by atoms with Crippen molar-refractivity contribution in [2.45, 2.75) is 65.5 Å². The van der Waals surface area contributed by atoms with Crippen molar-refractivity contribution in [2.75, 3.05) is 31.6 Å². The lowest BCUT2D eigenvalue weighted by molar-refractivity contribution is -0.922. The van der Waals surface area contributed by atoms with Gasteiger partial charge in [0.15, 0.2) is 5.82 Å². The molecular formula is C21H33N4OS+. The predicted molar refractivity (Wildman–Crippen MR) is 112 cm³/mol. The number of aryl methyl sites for hydroxylation is 1. The number of anilines is 1. The standard InChI is InChI=1S/C21H32N4OS/c1-4-15(5-2)22-20-19-16-7-6-14(3)12-17(16)27-21(19)24-18(23-20)13-25-8-10-26-11-9-25/h14-15H,4-13H2,1-3H3,(H,22,23,24)/p+1/t14-/m1/s1. The molecule has 5 nitrogen and oxygen atoms in total. The molecule has 2 aliphatic rings. The zero-order valence-corrected chi connectivity index (χ0v) is 17.8. The number of nitrogens with one attached hydrogen (secondary N) is 2. The first-order chi connectivity index (χ1) is 13.2. The van der Waals surface area contributed by atoms with Gasteiger partial charge in [-0.2, -0.15) is 0 Å². The zero-order chi connectivity index (χ0) is 18.8. The van der Waals surface area contributed by atoms with Gasteiger partial charge in [-0.25, -0.2) is 9.97 Å². The van der Waals surface area contributed by atoms with Crippen LogP contribution in [0, 0.1) is 5.92 Å². The second-order valence-electron chi connectivity index (χ2n) is 8.22. The van der Waals surface area contributed by atoms with Crippen LogP contribution in [0.15, 0.2) is 0 Å². The molecule has 0 radical (unpaired) electrons. The first kappa shape index (κ1) is 19.1. The number of rotatable bonds is 6. The van der Waals surface area contributed by atoms with Crippen LogP contribution in [0.4, 0.5) is 5.82 Å². The summed E-state index contributed by atoms with van der Waals surface area (Å²) in [7, 11) is 0. The number of fused-ring (bicyclic) bond motifs is 3. The van der Waals surface area contributed by atoms with Crippen LogP contribution < -0.4 is 10.2 Å². The summed E-state index contributed by atoms with van der Waals surface area (Å²) in [6.07, 6.45) is 5.89. The highest BCUT2D eigenvalue weighted by molar-refractivity contribution is 7.19. The fourth-order valence-electron chi connectivity index (χ4n) is 4.32. The van der Waals surface area contributed by atoms with Crippen molar-refractivity contribution in [3.05, 3.63) is 16.3 Å². The average Bonchev–Trinajstić information content (AvgIpc) is 3.04. The number of thiophene rings is 1. The maximum atomic E-state index is 5.51. The Kier molecular flexibility index (Phi) is 5.95. The Hall–Kier alpha value is -1.24. The van der Waals surface area contributed by atoms with Crippen molar-refractivity contribution in [1.82, 2.24) is 9.97 Å². The molecule has 1 aliphatic heterocycles. The lowest BCUT2D eigenvalue weighted by Gasteiger charge is -2.23. The van der Waals surface area contributed by atoms with E-state index in [9.17, 15) is 0 Å². The Labute approximate surface area is 166 Å². The molecule has 1 atom stereocenters. The zero-order valence-electron chi connectivity index (χ0n) is 16.9. The first-order valence-corrected chi connectivity index (χ1v) is 11.5. The minimum absolute atomic E-state index is 0.477. The quantitative estimate of drug-likeness (QED) is 0.798. The van der Waals surface area contributed by atoms with Crippen LogP contribution >= 0.6 is 11.3 Å². The van der Waals surface area contributed by atoms with E-state index in [-0.39, 0.29) is 0 Å². The molecule has 0 aromatic carbocycles. The highest BCUT2D eigenvalue weighted by Crippen LogP contribution is 2.40. The molecule has 2 N–H and O–H groups in total. The number of morpholine rings is 1. The summed E-state index contributed by atoms with van der Waals surface area (Å²) in [5.74, 6) is 2.86. The Morgan fingerprint density at radius 1 is 1.22 bits per heavy atom. The number of aromatic nitrogens is 2. The number of nitrogens with zero attached hydrogens (tertiary/aromatic N) is 2. The van der Waals surface area contributed by atoms with Crippen LogP contribution in [0.1, 0.15) is 56.3 Å². The summed E-state index contributed by atoms with van der Waals surface area (Å²) in [5.41, 5.74) is 1.52. The lowest BCUT2D eigenvalue weighted by Crippen LogP contribution is -3.12. The molecule has 6 heteroatoms. The van der Waals surface area contributed by atoms with Crippen LogP contribution in [0.5, 0.6) is 0 Å². The molecule has 1 aliphatic carbocycles. The molecule has 2 aromatic rings. The fraction of sp³-hybridized carbons (Fsp3) is 0.714. The van der Waals surface area contributed by atoms with E-state index in [0.717, 1.165) is 63.2 Å². The maximum Gasteiger partial charge on any atom is 0.187 e. The van der Waals surface area contributed by atoms with E-state index in [2.05, 4.69) is 26.1 Å². The fourth-order valence-corrected chi connectivity index (χ4v) is 5.72. The van der Waals surface area contributed by atoms with Crippen molar-refractivity contribution in [1.29, 1.82) is 0 Å². The van der Waals surface area contributed by atoms with Gasteiger partial charge in [0.25, 0.3) is 0 Å². The number of hydrogen-bond donors (Lipinski definition) is 2. The van der Waals surface area contributed by atoms with Crippen LogP contribution in [0.25, 0.3) is 10.2 Å². The molecular weight excluding hydrogens is 356 g/mol. The SMILES string of the molecule is CCC(CC)Nc1nc(C[NH+]2CCOCC2)nc2sc3c(c12)CC[C@@H](C)C3. The van der Waals surface area contributed by atoms with Crippen molar-refractivity contribution in [3.8, 4) is 0 Å². The van der Waals surface area contributed by atoms with E-state index in [1.165, 1.54) is 39.9 Å². The van der Waals surface area contributed by atoms with E-state index in [1.807, 2.05) is 11.3 Å². The monoisotopic (exact) mass is 389 g/mol. The molecule has 4 rings (SSSR count). The average molecular weight is 390 g/mol. The molecule has 148 valence electrons. The second kappa shape index (κ2) is 8.41. The topological polar surface area (TPSA) is 51.5 Å². The second-order valence-corrected chi connectivity index (χ2v) is 9.30. The highest BCUT2D eigenvalue weighted by atomic mass is 32.1. The summed E-state index contributed by atoms with van der Waals surface area (Å²) in [5, 5.41) is 5.08. The smallest absolute Gasteiger partial charge is 0.187 e. The molecule has 0 spiro atoms. The molecule has 3 heterocycles. The van der Waals surface area contributed by atoms with E-state index >= 15 is 0 Å². The van der Waals surface area contributed by atoms with Gasteiger partial charge < -0.3 is 15.0 Å². The van der Waals surface area contributed by atoms with Crippen LogP contribution in [0.2, 0.25) is 0 Å². The Morgan fingerprint density at radius 3 is 2.74 bits per heavy atom. The Morgan fingerprint density at radius 2 is 2.00 bits per heavy atom. The van der Waals surface area contributed by atoms with Crippen molar-refractivity contribution in [3.63, 3.8) is 0 Å². The van der Waals surface area contributed by atoms with Gasteiger partial charge in [0, 0.05) is 10.9 Å². The van der Waals surface area contributed by atoms with Crippen LogP contribution in [0.3, 0.4) is 0 Å². The maximum absolute atomic E-state index is 5.51. The van der Waals surface area contributed by atoms with E-state index < -0.39 is 0 Å². The normalized spacial score (nSPS) is 21.0. The third kappa shape index (κ3) is 4.13. The van der Waals surface area contributed by atoms with Gasteiger partial charge in [0.05, 0.1) is 18.6 Å². The minimum Gasteiger partial charge on any atom is -0.370 e. The van der Waals surface area contributed by atoms with Gasteiger partial charge in [0.1, 0.15) is 30.3 Å². The molecule has 1 fully saturated rings. The third-order valence-corrected chi connectivity index (χ3v) is 7.28. The van der Waals surface area contributed by atoms with Gasteiger partial charge >= 0.3 is 0 Å². The summed E-state index contributed by atoms with van der Waals surface area (Å²) < 4.78 is 5.51. The summed E-state index contributed by atoms with van der Waals surface area (Å²) in [4.78, 5) is 14.3. The molecule has 2 aromatic heterocycles. The third-order valence-electron chi connectivity index (χ3n) is 6.14. The summed E-state index contributed by atoms with van der Waals surface area (Å²) >= 11 is 1.91. The molecule has 0 bridgehead atoms. The minimum atomic E-state index is 0.477. The van der Waals surface area contributed by atoms with Gasteiger partial charge in [-0.1, -0.05) is 20.8 Å². The molecule has 0 saturated carbocycles. The summed E-state index contributed by atoms with van der Waals surface area (Å²) in [6.45, 7) is 11.6. The van der Waals surface area contributed by atoms with E-state index in [1.54, 1.807) is 4.88 Å². The van der Waals surface area contributed by atoms with E-state index in [4.69, 9.17) is 14.7 Å². The van der Waals surface area contributed by atoms with Gasteiger partial charge in [-0.15, -0.1) is 11.3 Å². The largest absolute Gasteiger partial charge is 0.370 e. The molecule has 27 heavy (non-hydrogen) atoms. The van der Waals surface area contributed by atoms with Crippen molar-refractivity contribution >= 4 is 27.4 Å². The van der Waals surface area contributed by atoms with Gasteiger partial charge in [0.2, 0.25) is 0 Å². The van der Waals surface area contributed by atoms with Crippen LogP contribution in [-0.2, 0) is 24.1 Å². The van der Waals surface area contributed by atoms with Crippen LogP contribution in [-0.4, -0.2) is 42.3 Å². The number of ether oxygens (including phenoxy) is 1. The first-order valence-electron chi connectivity index (χ1n) is 10.7. The van der Waals surface area contributed by atoms with Gasteiger partial charge in [-0.3, -0.25) is 0 Å². The summed E-state index contributed by atoms with van der Waals surface area (Å²) in [6, 6.07) is 0.477. The molecule has 0 amide bonds. The van der Waals surface area contributed by atoms with Gasteiger partial charge in [-0.05, 0) is 43.6 Å². The van der Waals surface area contributed by atoms with Crippen molar-refractivity contribution in [2.24, 2.45) is 5.92 Å². The molecule has 0 unspecified atom stereocenters. The Balaban J connectivity index is 1.72. The Bertz CT molecular complexity index is 780. The predicted octanol–water partition coefficient (Wildman–Crippen LogP) is 2.83. The lowest BCUT2D eigenvalue weighted by atomic mass is 9.89. The number of hydrogen-bond acceptors (Lipinski definition) is 5. The number of quaternary nitrogens is 1. The highest BCUT2D eigenvalue weighted by Gasteiger charge is 2.25. The van der Waals surface area contributed by atoms with E-state index in [0.29, 0.717) is 6.04 Å².